The standard InChI is InChI=1S/C42H50N8O4/c1-4-42(51)46-35-24-36(39(52-3)25-38(35)47-18-15-31(16-19-47)48-20-21-49(29(2)27-48)32-13-14-32)45-40-26-41(44-28-43-40)50-37(17-22-53-50)30-9-8-12-34(23-30)54-33-10-6-5-7-11-33/h4-12,23-26,28-29,31-32,37H,1,13-22,27H2,2-3H3,(H,46,51)(H,43,44,45)/t29-,37-/m1/s1. The van der Waals surface area contributed by atoms with Gasteiger partial charge in [-0.1, -0.05) is 36.9 Å². The first kappa shape index (κ1) is 35.8. The van der Waals surface area contributed by atoms with E-state index in [1.54, 1.807) is 7.11 Å². The normalized spacial score (nSPS) is 21.1. The third kappa shape index (κ3) is 8.01. The fourth-order valence-corrected chi connectivity index (χ4v) is 8.21. The summed E-state index contributed by atoms with van der Waals surface area (Å²) in [5.74, 6) is 3.07. The van der Waals surface area contributed by atoms with Crippen molar-refractivity contribution in [3.63, 3.8) is 0 Å². The Kier molecular flexibility index (Phi) is 10.7. The molecule has 4 aromatic rings. The number of ether oxygens (including phenoxy) is 2. The molecule has 54 heavy (non-hydrogen) atoms. The van der Waals surface area contributed by atoms with Crippen molar-refractivity contribution >= 4 is 34.6 Å². The number of hydrogen-bond donors (Lipinski definition) is 2. The smallest absolute Gasteiger partial charge is 0.247 e. The molecule has 2 N–H and O–H groups in total. The van der Waals surface area contributed by atoms with Crippen LogP contribution in [0.2, 0.25) is 0 Å². The van der Waals surface area contributed by atoms with Crippen LogP contribution in [0.3, 0.4) is 0 Å². The highest BCUT2D eigenvalue weighted by Gasteiger charge is 2.38. The Morgan fingerprint density at radius 2 is 1.70 bits per heavy atom. The van der Waals surface area contributed by atoms with E-state index in [4.69, 9.17) is 14.3 Å². The Morgan fingerprint density at radius 3 is 2.46 bits per heavy atom. The number of nitrogens with one attached hydrogen (secondary N) is 2. The molecule has 3 saturated heterocycles. The van der Waals surface area contributed by atoms with E-state index in [0.29, 0.717) is 47.5 Å². The van der Waals surface area contributed by atoms with Crippen molar-refractivity contribution in [2.75, 3.05) is 67.0 Å². The molecule has 3 aliphatic heterocycles. The molecule has 1 amide bonds. The SMILES string of the molecule is C=CC(=O)Nc1cc(Nc2cc(N3OCC[C@@H]3c3cccc(Oc4ccccc4)c3)ncn2)c(OC)cc1N1CCC(N2CCN(C3CC3)[C@H](C)C2)CC1. The molecule has 4 heterocycles. The van der Waals surface area contributed by atoms with Crippen LogP contribution in [0.5, 0.6) is 17.2 Å². The monoisotopic (exact) mass is 730 g/mol. The van der Waals surface area contributed by atoms with Gasteiger partial charge in [-0.15, -0.1) is 0 Å². The molecule has 2 atom stereocenters. The van der Waals surface area contributed by atoms with Crippen molar-refractivity contribution in [2.45, 2.75) is 63.2 Å². The second-order valence-corrected chi connectivity index (χ2v) is 14.6. The molecule has 4 fully saturated rings. The molecule has 1 aliphatic carbocycles. The number of amides is 1. The molecule has 0 radical (unpaired) electrons. The molecule has 8 rings (SSSR count). The van der Waals surface area contributed by atoms with Gasteiger partial charge in [0.2, 0.25) is 5.91 Å². The van der Waals surface area contributed by atoms with Gasteiger partial charge in [-0.3, -0.25) is 19.4 Å². The number of nitrogens with zero attached hydrogens (tertiary/aromatic N) is 6. The van der Waals surface area contributed by atoms with Gasteiger partial charge in [0.1, 0.15) is 29.4 Å². The van der Waals surface area contributed by atoms with Gasteiger partial charge in [-0.2, -0.15) is 0 Å². The molecule has 1 aromatic heterocycles. The second-order valence-electron chi connectivity index (χ2n) is 14.6. The number of methoxy groups -OCH3 is 1. The van der Waals surface area contributed by atoms with E-state index >= 15 is 0 Å². The minimum atomic E-state index is -0.274. The number of piperidine rings is 1. The minimum absolute atomic E-state index is 0.0681. The van der Waals surface area contributed by atoms with Gasteiger partial charge in [0.25, 0.3) is 0 Å². The highest BCUT2D eigenvalue weighted by atomic mass is 16.7. The van der Waals surface area contributed by atoms with Gasteiger partial charge in [0.15, 0.2) is 5.82 Å². The number of hydrogen-bond acceptors (Lipinski definition) is 11. The number of piperazine rings is 1. The van der Waals surface area contributed by atoms with Crippen molar-refractivity contribution in [3.05, 3.63) is 97.3 Å². The van der Waals surface area contributed by atoms with Crippen LogP contribution < -0.4 is 30.1 Å². The summed E-state index contributed by atoms with van der Waals surface area (Å²) in [4.78, 5) is 35.7. The number of hydroxylamine groups is 1. The van der Waals surface area contributed by atoms with Crippen LogP contribution in [-0.4, -0.2) is 90.2 Å². The molecule has 1 saturated carbocycles. The largest absolute Gasteiger partial charge is 0.494 e. The summed E-state index contributed by atoms with van der Waals surface area (Å²) >= 11 is 0. The lowest BCUT2D eigenvalue weighted by Gasteiger charge is -2.46. The minimum Gasteiger partial charge on any atom is -0.494 e. The van der Waals surface area contributed by atoms with Gasteiger partial charge in [0, 0.05) is 69.4 Å². The third-order valence-corrected chi connectivity index (χ3v) is 11.1. The Morgan fingerprint density at radius 1 is 0.889 bits per heavy atom. The molecule has 3 aromatic carbocycles. The number of anilines is 5. The lowest BCUT2D eigenvalue weighted by atomic mass is 9.99. The average Bonchev–Trinajstić information content (AvgIpc) is 3.93. The maximum absolute atomic E-state index is 12.7. The summed E-state index contributed by atoms with van der Waals surface area (Å²) in [6, 6.07) is 25.5. The first-order valence-corrected chi connectivity index (χ1v) is 19.2. The van der Waals surface area contributed by atoms with Gasteiger partial charge >= 0.3 is 0 Å². The zero-order valence-corrected chi connectivity index (χ0v) is 31.2. The molecular formula is C42H50N8O4. The van der Waals surface area contributed by atoms with Crippen molar-refractivity contribution in [1.82, 2.24) is 19.8 Å². The number of para-hydroxylation sites is 1. The lowest BCUT2D eigenvalue weighted by Crippen LogP contribution is -2.57. The summed E-state index contributed by atoms with van der Waals surface area (Å²) in [6.07, 6.45) is 8.47. The van der Waals surface area contributed by atoms with E-state index in [0.717, 1.165) is 74.2 Å². The van der Waals surface area contributed by atoms with E-state index in [1.165, 1.54) is 31.8 Å². The summed E-state index contributed by atoms with van der Waals surface area (Å²) in [5, 5.41) is 8.32. The van der Waals surface area contributed by atoms with Gasteiger partial charge < -0.3 is 25.0 Å². The maximum Gasteiger partial charge on any atom is 0.247 e. The highest BCUT2D eigenvalue weighted by Crippen LogP contribution is 2.41. The van der Waals surface area contributed by atoms with Gasteiger partial charge in [0.05, 0.1) is 36.8 Å². The molecule has 4 aliphatic rings. The topological polar surface area (TPSA) is 108 Å². The Bertz CT molecular complexity index is 1930. The van der Waals surface area contributed by atoms with E-state index in [2.05, 4.69) is 54.9 Å². The predicted octanol–water partition coefficient (Wildman–Crippen LogP) is 7.17. The fraction of sp³-hybridized carbons (Fsp3) is 0.405. The van der Waals surface area contributed by atoms with Crippen molar-refractivity contribution in [2.24, 2.45) is 0 Å². The molecule has 282 valence electrons. The van der Waals surface area contributed by atoms with Crippen molar-refractivity contribution in [1.29, 1.82) is 0 Å². The van der Waals surface area contributed by atoms with Crippen LogP contribution in [0.4, 0.5) is 28.7 Å². The van der Waals surface area contributed by atoms with E-state index in [-0.39, 0.29) is 11.9 Å². The van der Waals surface area contributed by atoms with Crippen LogP contribution in [0.25, 0.3) is 0 Å². The zero-order valence-electron chi connectivity index (χ0n) is 31.2. The van der Waals surface area contributed by atoms with Crippen LogP contribution >= 0.6 is 0 Å². The highest BCUT2D eigenvalue weighted by molar-refractivity contribution is 6.02. The zero-order chi connectivity index (χ0) is 37.0. The molecule has 12 heteroatoms. The van der Waals surface area contributed by atoms with Crippen molar-refractivity contribution < 1.29 is 19.1 Å². The number of rotatable bonds is 12. The maximum atomic E-state index is 12.7. The number of benzene rings is 3. The van der Waals surface area contributed by atoms with E-state index < -0.39 is 0 Å². The Labute approximate surface area is 317 Å². The van der Waals surface area contributed by atoms with Crippen LogP contribution in [0.15, 0.2) is 91.8 Å². The predicted molar refractivity (Wildman–Crippen MR) is 212 cm³/mol. The lowest BCUT2D eigenvalue weighted by molar-refractivity contribution is -0.111. The quantitative estimate of drug-likeness (QED) is 0.145. The second kappa shape index (κ2) is 16.1. The summed E-state index contributed by atoms with van der Waals surface area (Å²) in [6.45, 7) is 11.9. The molecular weight excluding hydrogens is 681 g/mol. The average molecular weight is 731 g/mol. The summed E-state index contributed by atoms with van der Waals surface area (Å²) < 4.78 is 12.0. The van der Waals surface area contributed by atoms with Gasteiger partial charge in [-0.25, -0.2) is 15.0 Å². The summed E-state index contributed by atoms with van der Waals surface area (Å²) in [5.41, 5.74) is 3.33. The fourth-order valence-electron chi connectivity index (χ4n) is 8.21. The van der Waals surface area contributed by atoms with E-state index in [1.807, 2.05) is 71.8 Å². The van der Waals surface area contributed by atoms with E-state index in [9.17, 15) is 4.79 Å². The molecule has 12 nitrogen and oxygen atoms in total. The van der Waals surface area contributed by atoms with Crippen LogP contribution in [0.1, 0.15) is 50.6 Å². The first-order valence-electron chi connectivity index (χ1n) is 19.2. The third-order valence-electron chi connectivity index (χ3n) is 11.1. The van der Waals surface area contributed by atoms with Crippen molar-refractivity contribution in [3.8, 4) is 17.2 Å². The summed E-state index contributed by atoms with van der Waals surface area (Å²) in [7, 11) is 1.66. The first-order chi connectivity index (χ1) is 26.4. The molecule has 0 spiro atoms. The molecule has 0 bridgehead atoms. The van der Waals surface area contributed by atoms with Crippen LogP contribution in [-0.2, 0) is 9.63 Å². The Hall–Kier alpha value is -5.17. The van der Waals surface area contributed by atoms with Crippen LogP contribution in [0, 0.1) is 0 Å². The molecule has 0 unspecified atom stereocenters. The Balaban J connectivity index is 0.980. The number of carbonyl (C=O) groups is 1. The van der Waals surface area contributed by atoms with Gasteiger partial charge in [-0.05, 0) is 74.6 Å². The number of carbonyl (C=O) groups excluding carboxylic acids is 1. The number of aromatic nitrogens is 2.